The molecule has 12 heavy (non-hydrogen) atoms. The van der Waals surface area contributed by atoms with Crippen LogP contribution in [0.2, 0.25) is 0 Å². The highest BCUT2D eigenvalue weighted by molar-refractivity contribution is 5.81. The Hall–Kier alpha value is -0.970. The van der Waals surface area contributed by atoms with Gasteiger partial charge in [0.2, 0.25) is 0 Å². The van der Waals surface area contributed by atoms with E-state index < -0.39 is 18.0 Å². The molecule has 1 aliphatic rings. The lowest BCUT2D eigenvalue weighted by Gasteiger charge is -2.34. The zero-order chi connectivity index (χ0) is 9.19. The monoisotopic (exact) mass is 178 g/mol. The summed E-state index contributed by atoms with van der Waals surface area (Å²) in [6, 6.07) is 0. The van der Waals surface area contributed by atoms with Gasteiger partial charge in [0, 0.05) is 6.08 Å². The number of rotatable bonds is 3. The van der Waals surface area contributed by atoms with Crippen molar-refractivity contribution in [3.63, 3.8) is 0 Å². The highest BCUT2D eigenvalue weighted by atomic mass is 19.3. The standard InChI is InChI=1S/C7H8F2O3/c1-2-6(10)11-3-5-4-12-7(5,8)9/h2,5H,1,3-4H2. The third kappa shape index (κ3) is 1.79. The number of carbonyl (C=O) groups is 1. The van der Waals surface area contributed by atoms with E-state index in [1.54, 1.807) is 0 Å². The van der Waals surface area contributed by atoms with Crippen LogP contribution < -0.4 is 0 Å². The topological polar surface area (TPSA) is 35.5 Å². The van der Waals surface area contributed by atoms with Crippen LogP contribution in [0.1, 0.15) is 0 Å². The van der Waals surface area contributed by atoms with Crippen LogP contribution >= 0.6 is 0 Å². The summed E-state index contributed by atoms with van der Waals surface area (Å²) in [5.41, 5.74) is 0. The van der Waals surface area contributed by atoms with Crippen LogP contribution in [-0.4, -0.2) is 25.3 Å². The molecule has 1 atom stereocenters. The van der Waals surface area contributed by atoms with E-state index in [2.05, 4.69) is 16.1 Å². The normalized spacial score (nSPS) is 25.7. The van der Waals surface area contributed by atoms with E-state index in [0.29, 0.717) is 0 Å². The number of halogens is 2. The lowest BCUT2D eigenvalue weighted by Crippen LogP contribution is -2.48. The summed E-state index contributed by atoms with van der Waals surface area (Å²) in [7, 11) is 0. The molecule has 1 rings (SSSR count). The lowest BCUT2D eigenvalue weighted by atomic mass is 10.1. The Kier molecular flexibility index (Phi) is 2.42. The minimum absolute atomic E-state index is 0.0720. The maximum absolute atomic E-state index is 12.3. The average Bonchev–Trinajstić information content (AvgIpc) is 2.02. The summed E-state index contributed by atoms with van der Waals surface area (Å²) in [4.78, 5) is 10.4. The number of carbonyl (C=O) groups excluding carboxylic acids is 1. The highest BCUT2D eigenvalue weighted by Gasteiger charge is 2.51. The van der Waals surface area contributed by atoms with Crippen molar-refractivity contribution in [1.82, 2.24) is 0 Å². The maximum atomic E-state index is 12.3. The van der Waals surface area contributed by atoms with E-state index >= 15 is 0 Å². The highest BCUT2D eigenvalue weighted by Crippen LogP contribution is 2.35. The molecule has 0 aromatic carbocycles. The van der Waals surface area contributed by atoms with Crippen LogP contribution in [0.15, 0.2) is 12.7 Å². The Morgan fingerprint density at radius 3 is 2.83 bits per heavy atom. The quantitative estimate of drug-likeness (QED) is 0.477. The predicted octanol–water partition coefficient (Wildman–Crippen LogP) is 0.955. The van der Waals surface area contributed by atoms with Crippen molar-refractivity contribution in [2.45, 2.75) is 6.11 Å². The number of ether oxygens (including phenoxy) is 2. The van der Waals surface area contributed by atoms with Crippen LogP contribution in [0.25, 0.3) is 0 Å². The van der Waals surface area contributed by atoms with Gasteiger partial charge in [0.25, 0.3) is 0 Å². The maximum Gasteiger partial charge on any atom is 0.364 e. The molecule has 3 nitrogen and oxygen atoms in total. The van der Waals surface area contributed by atoms with Gasteiger partial charge in [-0.15, -0.1) is 0 Å². The van der Waals surface area contributed by atoms with Gasteiger partial charge in [0.1, 0.15) is 12.5 Å². The van der Waals surface area contributed by atoms with Crippen LogP contribution in [-0.2, 0) is 14.3 Å². The molecule has 0 spiro atoms. The van der Waals surface area contributed by atoms with Gasteiger partial charge in [-0.05, 0) is 0 Å². The second-order valence-electron chi connectivity index (χ2n) is 2.40. The second-order valence-corrected chi connectivity index (χ2v) is 2.40. The molecule has 0 saturated carbocycles. The molecule has 0 aliphatic carbocycles. The average molecular weight is 178 g/mol. The summed E-state index contributed by atoms with van der Waals surface area (Å²) < 4.78 is 33.0. The molecule has 1 unspecified atom stereocenters. The Balaban J connectivity index is 2.24. The smallest absolute Gasteiger partial charge is 0.364 e. The molecule has 1 heterocycles. The van der Waals surface area contributed by atoms with Crippen LogP contribution in [0, 0.1) is 5.92 Å². The number of alkyl halides is 2. The van der Waals surface area contributed by atoms with Crippen molar-refractivity contribution in [3.8, 4) is 0 Å². The minimum atomic E-state index is -3.14. The minimum Gasteiger partial charge on any atom is -0.462 e. The lowest BCUT2D eigenvalue weighted by molar-refractivity contribution is -0.362. The van der Waals surface area contributed by atoms with Gasteiger partial charge in [-0.1, -0.05) is 6.58 Å². The van der Waals surface area contributed by atoms with E-state index in [0.717, 1.165) is 6.08 Å². The summed E-state index contributed by atoms with van der Waals surface area (Å²) in [6.07, 6.45) is -2.21. The molecule has 0 aromatic heterocycles. The van der Waals surface area contributed by atoms with Crippen molar-refractivity contribution in [3.05, 3.63) is 12.7 Å². The fourth-order valence-corrected chi connectivity index (χ4v) is 0.714. The Labute approximate surface area is 68.0 Å². The summed E-state index contributed by atoms with van der Waals surface area (Å²) in [5.74, 6) is -1.71. The molecule has 0 N–H and O–H groups in total. The van der Waals surface area contributed by atoms with Crippen LogP contribution in [0.4, 0.5) is 8.78 Å². The zero-order valence-electron chi connectivity index (χ0n) is 6.26. The predicted molar refractivity (Wildman–Crippen MR) is 35.5 cm³/mol. The van der Waals surface area contributed by atoms with Gasteiger partial charge < -0.3 is 9.47 Å². The van der Waals surface area contributed by atoms with Crippen molar-refractivity contribution >= 4 is 5.97 Å². The summed E-state index contributed by atoms with van der Waals surface area (Å²) in [5, 5.41) is 0. The zero-order valence-corrected chi connectivity index (χ0v) is 6.26. The third-order valence-electron chi connectivity index (χ3n) is 1.55. The fourth-order valence-electron chi connectivity index (χ4n) is 0.714. The van der Waals surface area contributed by atoms with Crippen molar-refractivity contribution < 1.29 is 23.0 Å². The molecule has 0 radical (unpaired) electrons. The van der Waals surface area contributed by atoms with Crippen molar-refractivity contribution in [2.24, 2.45) is 5.92 Å². The molecule has 1 aliphatic heterocycles. The van der Waals surface area contributed by atoms with E-state index in [-0.39, 0.29) is 13.2 Å². The third-order valence-corrected chi connectivity index (χ3v) is 1.55. The molecular formula is C7H8F2O3. The first-order valence-electron chi connectivity index (χ1n) is 3.37. The second kappa shape index (κ2) is 3.18. The molecule has 0 aromatic rings. The fraction of sp³-hybridized carbons (Fsp3) is 0.571. The van der Waals surface area contributed by atoms with E-state index in [1.165, 1.54) is 0 Å². The number of esters is 1. The summed E-state index contributed by atoms with van der Waals surface area (Å²) >= 11 is 0. The molecular weight excluding hydrogens is 170 g/mol. The Morgan fingerprint density at radius 2 is 2.50 bits per heavy atom. The van der Waals surface area contributed by atoms with Gasteiger partial charge in [-0.2, -0.15) is 8.78 Å². The van der Waals surface area contributed by atoms with Crippen LogP contribution in [0.5, 0.6) is 0 Å². The number of hydrogen-bond acceptors (Lipinski definition) is 3. The summed E-state index contributed by atoms with van der Waals surface area (Å²) in [6.45, 7) is 2.73. The van der Waals surface area contributed by atoms with Gasteiger partial charge in [-0.3, -0.25) is 0 Å². The van der Waals surface area contributed by atoms with Crippen molar-refractivity contribution in [2.75, 3.05) is 13.2 Å². The van der Waals surface area contributed by atoms with E-state index in [4.69, 9.17) is 0 Å². The first-order chi connectivity index (χ1) is 5.56. The van der Waals surface area contributed by atoms with E-state index in [1.807, 2.05) is 0 Å². The van der Waals surface area contributed by atoms with E-state index in [9.17, 15) is 13.6 Å². The molecule has 0 bridgehead atoms. The number of hydrogen-bond donors (Lipinski definition) is 0. The Bertz CT molecular complexity index is 203. The van der Waals surface area contributed by atoms with Gasteiger partial charge in [0.15, 0.2) is 0 Å². The first-order valence-corrected chi connectivity index (χ1v) is 3.37. The molecule has 0 amide bonds. The molecule has 68 valence electrons. The first kappa shape index (κ1) is 9.12. The Morgan fingerprint density at radius 1 is 1.83 bits per heavy atom. The SMILES string of the molecule is C=CC(=O)OCC1COC1(F)F. The molecule has 1 saturated heterocycles. The largest absolute Gasteiger partial charge is 0.462 e. The molecule has 1 fully saturated rings. The van der Waals surface area contributed by atoms with Gasteiger partial charge in [0.05, 0.1) is 6.61 Å². The van der Waals surface area contributed by atoms with Crippen LogP contribution in [0.3, 0.4) is 0 Å². The van der Waals surface area contributed by atoms with Gasteiger partial charge in [-0.25, -0.2) is 4.79 Å². The van der Waals surface area contributed by atoms with Gasteiger partial charge >= 0.3 is 12.1 Å². The van der Waals surface area contributed by atoms with Crippen molar-refractivity contribution in [1.29, 1.82) is 0 Å². The molecule has 5 heteroatoms.